The number of hydrogen-bond donors (Lipinski definition) is 3. The largest absolute Gasteiger partial charge is 0.404 e. The quantitative estimate of drug-likeness (QED) is 0.247. The summed E-state index contributed by atoms with van der Waals surface area (Å²) < 4.78 is 54.1. The molecule has 0 aromatic heterocycles. The molecular weight excluding hydrogens is 635 g/mol. The molecule has 12 nitrogen and oxygen atoms in total. The molecule has 3 aliphatic heterocycles. The normalized spacial score (nSPS) is 23.3. The van der Waals surface area contributed by atoms with Crippen LogP contribution in [0.4, 0.5) is 8.78 Å². The molecule has 4 amide bonds. The van der Waals surface area contributed by atoms with Crippen LogP contribution in [0.2, 0.25) is 0 Å². The van der Waals surface area contributed by atoms with Crippen molar-refractivity contribution in [3.05, 3.63) is 47.7 Å². The number of likely N-dealkylation sites (N-methyl/N-ethyl adjacent to an activating group) is 1. The van der Waals surface area contributed by atoms with Gasteiger partial charge in [0.05, 0.1) is 13.2 Å². The molecule has 0 aliphatic carbocycles. The first-order valence-electron chi connectivity index (χ1n) is 16.1. The van der Waals surface area contributed by atoms with Crippen LogP contribution >= 0.6 is 7.60 Å². The summed E-state index contributed by atoms with van der Waals surface area (Å²) in [5.74, 6) is -1.76. The van der Waals surface area contributed by atoms with Gasteiger partial charge in [-0.2, -0.15) is 8.78 Å². The Morgan fingerprint density at radius 1 is 1.13 bits per heavy atom. The first kappa shape index (κ1) is 38.1. The number of alkyl halides is 2. The lowest BCUT2D eigenvalue weighted by Crippen LogP contribution is -2.57. The Hall–Kier alpha value is -3.35. The van der Waals surface area contributed by atoms with Gasteiger partial charge < -0.3 is 35.2 Å². The highest BCUT2D eigenvalue weighted by Gasteiger charge is 2.55. The van der Waals surface area contributed by atoms with Gasteiger partial charge in [-0.05, 0) is 70.6 Å². The molecule has 262 valence electrons. The number of hydrogen-bond acceptors (Lipinski definition) is 8. The van der Waals surface area contributed by atoms with E-state index in [0.29, 0.717) is 32.1 Å². The minimum absolute atomic E-state index is 0.0218. The highest BCUT2D eigenvalue weighted by Crippen LogP contribution is 2.65. The Bertz CT molecular complexity index is 1340. The SMILES string of the molecule is C=C1C=C(C(=O)NC2CCCCC3CCC(C(=O)NC(C)CCC(N)=O)N3C2=O)N(C)CC=CC(C(F)(F)P(=O)(OCC)OCC)=C1. The molecule has 4 atom stereocenters. The fraction of sp³-hybridized carbons (Fsp3) is 0.625. The zero-order valence-corrected chi connectivity index (χ0v) is 28.5. The number of primary amides is 1. The number of allylic oxidation sites excluding steroid dienone is 5. The van der Waals surface area contributed by atoms with Crippen LogP contribution in [0.3, 0.4) is 0 Å². The van der Waals surface area contributed by atoms with Crippen molar-refractivity contribution in [2.24, 2.45) is 5.73 Å². The van der Waals surface area contributed by atoms with Crippen LogP contribution in [0.5, 0.6) is 0 Å². The van der Waals surface area contributed by atoms with E-state index in [-0.39, 0.29) is 61.3 Å². The van der Waals surface area contributed by atoms with E-state index in [0.717, 1.165) is 25.0 Å². The third kappa shape index (κ3) is 9.39. The molecular formula is C32H48F2N5O7P. The zero-order chi connectivity index (χ0) is 34.9. The monoisotopic (exact) mass is 683 g/mol. The number of fused-ring (bicyclic) bond motifs is 1. The summed E-state index contributed by atoms with van der Waals surface area (Å²) in [6.45, 7) is 7.99. The maximum atomic E-state index is 15.6. The van der Waals surface area contributed by atoms with Gasteiger partial charge in [0, 0.05) is 37.7 Å². The van der Waals surface area contributed by atoms with Crippen LogP contribution in [0, 0.1) is 0 Å². The van der Waals surface area contributed by atoms with Crippen LogP contribution < -0.4 is 16.4 Å². The fourth-order valence-corrected chi connectivity index (χ4v) is 7.59. The van der Waals surface area contributed by atoms with E-state index in [1.165, 1.54) is 30.9 Å². The van der Waals surface area contributed by atoms with E-state index in [4.69, 9.17) is 14.8 Å². The van der Waals surface area contributed by atoms with Gasteiger partial charge in [-0.1, -0.05) is 31.6 Å². The number of carbonyl (C=O) groups is 4. The molecule has 0 aromatic rings. The lowest BCUT2D eigenvalue weighted by atomic mass is 9.98. The van der Waals surface area contributed by atoms with Crippen molar-refractivity contribution >= 4 is 31.2 Å². The Morgan fingerprint density at radius 3 is 2.43 bits per heavy atom. The topological polar surface area (TPSA) is 160 Å². The molecule has 0 spiro atoms. The highest BCUT2D eigenvalue weighted by atomic mass is 31.2. The molecule has 2 saturated heterocycles. The van der Waals surface area contributed by atoms with E-state index in [9.17, 15) is 23.7 Å². The molecule has 2 fully saturated rings. The molecule has 0 bridgehead atoms. The Balaban J connectivity index is 1.83. The second-order valence-corrected chi connectivity index (χ2v) is 14.2. The van der Waals surface area contributed by atoms with Crippen molar-refractivity contribution in [3.63, 3.8) is 0 Å². The lowest BCUT2D eigenvalue weighted by Gasteiger charge is -2.36. The summed E-state index contributed by atoms with van der Waals surface area (Å²) in [5.41, 5.74) is 0.675. The summed E-state index contributed by atoms with van der Waals surface area (Å²) in [4.78, 5) is 55.2. The van der Waals surface area contributed by atoms with E-state index < -0.39 is 42.7 Å². The molecule has 0 saturated carbocycles. The van der Waals surface area contributed by atoms with Crippen LogP contribution in [0.25, 0.3) is 0 Å². The van der Waals surface area contributed by atoms with Gasteiger partial charge in [0.1, 0.15) is 17.8 Å². The Morgan fingerprint density at radius 2 is 1.79 bits per heavy atom. The van der Waals surface area contributed by atoms with Crippen molar-refractivity contribution in [2.75, 3.05) is 26.8 Å². The van der Waals surface area contributed by atoms with Gasteiger partial charge in [0.2, 0.25) is 17.7 Å². The third-order valence-electron chi connectivity index (χ3n) is 8.43. The summed E-state index contributed by atoms with van der Waals surface area (Å²) >= 11 is 0. The predicted molar refractivity (Wildman–Crippen MR) is 173 cm³/mol. The molecule has 3 heterocycles. The van der Waals surface area contributed by atoms with Gasteiger partial charge in [-0.25, -0.2) is 0 Å². The summed E-state index contributed by atoms with van der Waals surface area (Å²) in [7, 11) is -3.30. The first-order chi connectivity index (χ1) is 22.1. The third-order valence-corrected chi connectivity index (χ3v) is 10.6. The van der Waals surface area contributed by atoms with Crippen LogP contribution in [0.1, 0.15) is 72.1 Å². The second kappa shape index (κ2) is 16.7. The van der Waals surface area contributed by atoms with E-state index in [1.807, 2.05) is 0 Å². The smallest absolute Gasteiger partial charge is 0.370 e. The number of nitrogens with two attached hydrogens (primary N) is 1. The van der Waals surface area contributed by atoms with Crippen LogP contribution in [-0.2, 0) is 32.8 Å². The van der Waals surface area contributed by atoms with Gasteiger partial charge in [-0.3, -0.25) is 23.7 Å². The number of carbonyl (C=O) groups excluding carboxylic acids is 4. The van der Waals surface area contributed by atoms with Crippen molar-refractivity contribution < 1.29 is 41.6 Å². The Labute approximate surface area is 275 Å². The average Bonchev–Trinajstić information content (AvgIpc) is 3.44. The molecule has 4 unspecified atom stereocenters. The lowest BCUT2D eigenvalue weighted by molar-refractivity contribution is -0.144. The zero-order valence-electron chi connectivity index (χ0n) is 27.6. The highest BCUT2D eigenvalue weighted by molar-refractivity contribution is 7.55. The molecule has 4 N–H and O–H groups in total. The Kier molecular flexibility index (Phi) is 13.5. The molecule has 3 rings (SSSR count). The van der Waals surface area contributed by atoms with Crippen molar-refractivity contribution in [3.8, 4) is 0 Å². The van der Waals surface area contributed by atoms with Crippen molar-refractivity contribution in [1.29, 1.82) is 0 Å². The van der Waals surface area contributed by atoms with E-state index in [1.54, 1.807) is 18.9 Å². The van der Waals surface area contributed by atoms with Gasteiger partial charge >= 0.3 is 13.3 Å². The van der Waals surface area contributed by atoms with Crippen molar-refractivity contribution in [1.82, 2.24) is 20.4 Å². The van der Waals surface area contributed by atoms with Gasteiger partial charge in [0.25, 0.3) is 5.91 Å². The number of nitrogens with one attached hydrogen (secondary N) is 2. The molecule has 47 heavy (non-hydrogen) atoms. The van der Waals surface area contributed by atoms with Gasteiger partial charge in [0.15, 0.2) is 0 Å². The minimum atomic E-state index is -4.89. The number of amides is 4. The fourth-order valence-electron chi connectivity index (χ4n) is 6.06. The van der Waals surface area contributed by atoms with Crippen LogP contribution in [0.15, 0.2) is 47.7 Å². The standard InChI is InChI=1S/C32H48F2N5O7P/c1-6-45-47(44,46-7-2)32(33,34)23-11-10-18-38(5)27(20-21(3)19-23)30(42)37-25-13-9-8-12-24-15-16-26(39(24)31(25)43)29(41)36-22(4)14-17-28(35)40/h10-11,19-20,22,24-26H,3,6-9,12-18H2,1-2,4-5H3,(H2,35,40)(H,36,41)(H,37,42). The number of halogens is 2. The van der Waals surface area contributed by atoms with E-state index >= 15 is 8.78 Å². The summed E-state index contributed by atoms with van der Waals surface area (Å²) in [6, 6.07) is -2.10. The minimum Gasteiger partial charge on any atom is -0.370 e. The second-order valence-electron chi connectivity index (χ2n) is 12.1. The summed E-state index contributed by atoms with van der Waals surface area (Å²) in [6.07, 6.45) is 9.07. The van der Waals surface area contributed by atoms with Crippen LogP contribution in [-0.4, -0.2) is 90.1 Å². The predicted octanol–water partition coefficient (Wildman–Crippen LogP) is 3.90. The number of nitrogens with zero attached hydrogens (tertiary/aromatic N) is 2. The molecule has 0 aromatic carbocycles. The average molecular weight is 684 g/mol. The van der Waals surface area contributed by atoms with Crippen molar-refractivity contribution in [2.45, 2.75) is 102 Å². The molecule has 0 radical (unpaired) electrons. The first-order valence-corrected chi connectivity index (χ1v) is 17.7. The molecule has 3 aliphatic rings. The number of rotatable bonds is 13. The maximum absolute atomic E-state index is 15.6. The maximum Gasteiger partial charge on any atom is 0.404 e. The summed E-state index contributed by atoms with van der Waals surface area (Å²) in [5, 5.41) is 5.72. The van der Waals surface area contributed by atoms with E-state index in [2.05, 4.69) is 17.2 Å². The van der Waals surface area contributed by atoms with Gasteiger partial charge in [-0.15, -0.1) is 0 Å². The molecule has 15 heteroatoms.